The molecule has 0 spiro atoms. The molecule has 0 aliphatic carbocycles. The molecule has 0 radical (unpaired) electrons. The average Bonchev–Trinajstić information content (AvgIpc) is 2.01. The van der Waals surface area contributed by atoms with E-state index < -0.39 is 6.43 Å². The van der Waals surface area contributed by atoms with Gasteiger partial charge < -0.3 is 5.32 Å². The lowest BCUT2D eigenvalue weighted by Gasteiger charge is -2.12. The Balaban J connectivity index is 2.86. The van der Waals surface area contributed by atoms with Gasteiger partial charge in [-0.2, -0.15) is 0 Å². The van der Waals surface area contributed by atoms with E-state index in [4.69, 9.17) is 0 Å². The van der Waals surface area contributed by atoms with Crippen molar-refractivity contribution in [3.8, 4) is 0 Å². The average molecular weight is 264 g/mol. The van der Waals surface area contributed by atoms with Crippen molar-refractivity contribution in [2.24, 2.45) is 0 Å². The number of hydrogen-bond acceptors (Lipinski definition) is 1. The molecule has 0 heterocycles. The first kappa shape index (κ1) is 11.4. The van der Waals surface area contributed by atoms with Crippen LogP contribution in [0.5, 0.6) is 0 Å². The van der Waals surface area contributed by atoms with Crippen LogP contribution in [0.25, 0.3) is 0 Å². The minimum Gasteiger partial charge on any atom is -0.379 e. The summed E-state index contributed by atoms with van der Waals surface area (Å²) in [5.74, 6) is 0. The van der Waals surface area contributed by atoms with Gasteiger partial charge in [0.1, 0.15) is 0 Å². The van der Waals surface area contributed by atoms with E-state index in [1.165, 1.54) is 0 Å². The van der Waals surface area contributed by atoms with Crippen LogP contribution in [0.1, 0.15) is 11.1 Å². The Morgan fingerprint density at radius 3 is 2.21 bits per heavy atom. The molecular formula is C10H12BrF2N. The summed E-state index contributed by atoms with van der Waals surface area (Å²) in [4.78, 5) is 0. The van der Waals surface area contributed by atoms with Gasteiger partial charge >= 0.3 is 0 Å². The molecule has 0 unspecified atom stereocenters. The second-order valence-electron chi connectivity index (χ2n) is 3.19. The second kappa shape index (κ2) is 4.73. The molecule has 0 saturated carbocycles. The van der Waals surface area contributed by atoms with Gasteiger partial charge in [-0.3, -0.25) is 0 Å². The van der Waals surface area contributed by atoms with Crippen molar-refractivity contribution in [3.05, 3.63) is 27.7 Å². The standard InChI is InChI=1S/C10H12BrF2N/c1-6-3-8(11)4-7(2)10(6)14-5-9(12)13/h3-4,9,14H,5H2,1-2H3. The summed E-state index contributed by atoms with van der Waals surface area (Å²) in [6.07, 6.45) is -2.32. The van der Waals surface area contributed by atoms with Gasteiger partial charge in [-0.1, -0.05) is 15.9 Å². The van der Waals surface area contributed by atoms with Crippen LogP contribution in [-0.4, -0.2) is 13.0 Å². The summed E-state index contributed by atoms with van der Waals surface area (Å²) in [5, 5.41) is 2.74. The Hall–Kier alpha value is -0.640. The van der Waals surface area contributed by atoms with E-state index in [1.807, 2.05) is 26.0 Å². The van der Waals surface area contributed by atoms with E-state index in [1.54, 1.807) is 0 Å². The zero-order valence-electron chi connectivity index (χ0n) is 8.07. The van der Waals surface area contributed by atoms with Gasteiger partial charge in [0.25, 0.3) is 6.43 Å². The molecule has 0 aliphatic heterocycles. The van der Waals surface area contributed by atoms with Crippen LogP contribution in [0, 0.1) is 13.8 Å². The fourth-order valence-electron chi connectivity index (χ4n) is 1.37. The fourth-order valence-corrected chi connectivity index (χ4v) is 2.06. The Labute approximate surface area is 90.6 Å². The van der Waals surface area contributed by atoms with Crippen LogP contribution in [0.2, 0.25) is 0 Å². The normalized spacial score (nSPS) is 10.7. The molecule has 0 bridgehead atoms. The largest absolute Gasteiger partial charge is 0.379 e. The Morgan fingerprint density at radius 2 is 1.79 bits per heavy atom. The summed E-state index contributed by atoms with van der Waals surface area (Å²) in [6, 6.07) is 3.81. The first-order chi connectivity index (χ1) is 6.50. The van der Waals surface area contributed by atoms with Crippen molar-refractivity contribution in [2.75, 3.05) is 11.9 Å². The van der Waals surface area contributed by atoms with Crippen molar-refractivity contribution < 1.29 is 8.78 Å². The van der Waals surface area contributed by atoms with E-state index in [2.05, 4.69) is 21.2 Å². The number of anilines is 1. The fraction of sp³-hybridized carbons (Fsp3) is 0.400. The lowest BCUT2D eigenvalue weighted by molar-refractivity contribution is 0.163. The van der Waals surface area contributed by atoms with Gasteiger partial charge in [-0.15, -0.1) is 0 Å². The van der Waals surface area contributed by atoms with Crippen LogP contribution >= 0.6 is 15.9 Å². The maximum atomic E-state index is 12.0. The lowest BCUT2D eigenvalue weighted by Crippen LogP contribution is -2.12. The van der Waals surface area contributed by atoms with E-state index in [9.17, 15) is 8.78 Å². The third-order valence-electron chi connectivity index (χ3n) is 1.93. The van der Waals surface area contributed by atoms with Crippen LogP contribution in [0.3, 0.4) is 0 Å². The smallest absolute Gasteiger partial charge is 0.255 e. The number of benzene rings is 1. The molecule has 1 nitrogen and oxygen atoms in total. The molecule has 0 fully saturated rings. The molecule has 1 rings (SSSR count). The third-order valence-corrected chi connectivity index (χ3v) is 2.39. The first-order valence-corrected chi connectivity index (χ1v) is 5.08. The zero-order chi connectivity index (χ0) is 10.7. The van der Waals surface area contributed by atoms with Crippen molar-refractivity contribution in [3.63, 3.8) is 0 Å². The third kappa shape index (κ3) is 2.94. The first-order valence-electron chi connectivity index (χ1n) is 4.29. The predicted octanol–water partition coefficient (Wildman–Crippen LogP) is 3.74. The summed E-state index contributed by atoms with van der Waals surface area (Å²) >= 11 is 3.35. The maximum Gasteiger partial charge on any atom is 0.255 e. The lowest BCUT2D eigenvalue weighted by atomic mass is 10.1. The molecule has 0 atom stereocenters. The number of alkyl halides is 2. The highest BCUT2D eigenvalue weighted by atomic mass is 79.9. The topological polar surface area (TPSA) is 12.0 Å². The van der Waals surface area contributed by atoms with Gasteiger partial charge in [0.2, 0.25) is 0 Å². The second-order valence-corrected chi connectivity index (χ2v) is 4.10. The van der Waals surface area contributed by atoms with Crippen LogP contribution in [0.15, 0.2) is 16.6 Å². The highest BCUT2D eigenvalue weighted by molar-refractivity contribution is 9.10. The molecule has 1 aromatic rings. The maximum absolute atomic E-state index is 12.0. The summed E-state index contributed by atoms with van der Waals surface area (Å²) in [5.41, 5.74) is 2.74. The molecule has 1 N–H and O–H groups in total. The molecule has 1 aromatic carbocycles. The Kier molecular flexibility index (Phi) is 3.86. The van der Waals surface area contributed by atoms with E-state index in [0.29, 0.717) is 0 Å². The SMILES string of the molecule is Cc1cc(Br)cc(C)c1NCC(F)F. The van der Waals surface area contributed by atoms with Crippen molar-refractivity contribution >= 4 is 21.6 Å². The number of nitrogens with one attached hydrogen (secondary N) is 1. The Bertz CT molecular complexity index is 303. The zero-order valence-corrected chi connectivity index (χ0v) is 9.66. The highest BCUT2D eigenvalue weighted by Crippen LogP contribution is 2.25. The number of hydrogen-bond donors (Lipinski definition) is 1. The summed E-state index contributed by atoms with van der Waals surface area (Å²) in [7, 11) is 0. The van der Waals surface area contributed by atoms with Crippen molar-refractivity contribution in [2.45, 2.75) is 20.3 Å². The number of halogens is 3. The van der Waals surface area contributed by atoms with Crippen molar-refractivity contribution in [1.29, 1.82) is 0 Å². The molecule has 0 amide bonds. The van der Waals surface area contributed by atoms with E-state index in [0.717, 1.165) is 21.3 Å². The Morgan fingerprint density at radius 1 is 1.29 bits per heavy atom. The molecular weight excluding hydrogens is 252 g/mol. The quantitative estimate of drug-likeness (QED) is 0.876. The van der Waals surface area contributed by atoms with Gasteiger partial charge in [0.05, 0.1) is 6.54 Å². The number of aryl methyl sites for hydroxylation is 2. The van der Waals surface area contributed by atoms with Gasteiger partial charge in [0, 0.05) is 10.2 Å². The van der Waals surface area contributed by atoms with E-state index in [-0.39, 0.29) is 6.54 Å². The molecule has 4 heteroatoms. The predicted molar refractivity (Wildman–Crippen MR) is 58.1 cm³/mol. The summed E-state index contributed by atoms with van der Waals surface area (Å²) in [6.45, 7) is 3.49. The molecule has 0 aliphatic rings. The van der Waals surface area contributed by atoms with Crippen LogP contribution in [-0.2, 0) is 0 Å². The molecule has 0 aromatic heterocycles. The van der Waals surface area contributed by atoms with Crippen LogP contribution < -0.4 is 5.32 Å². The monoisotopic (exact) mass is 263 g/mol. The minimum absolute atomic E-state index is 0.302. The van der Waals surface area contributed by atoms with Gasteiger partial charge in [-0.25, -0.2) is 8.78 Å². The van der Waals surface area contributed by atoms with Crippen molar-refractivity contribution in [1.82, 2.24) is 0 Å². The molecule has 0 saturated heterocycles. The van der Waals surface area contributed by atoms with Crippen LogP contribution in [0.4, 0.5) is 14.5 Å². The minimum atomic E-state index is -2.32. The van der Waals surface area contributed by atoms with Gasteiger partial charge in [0.15, 0.2) is 0 Å². The van der Waals surface area contributed by atoms with Gasteiger partial charge in [-0.05, 0) is 37.1 Å². The summed E-state index contributed by atoms with van der Waals surface area (Å²) < 4.78 is 25.0. The molecule has 78 valence electrons. The highest BCUT2D eigenvalue weighted by Gasteiger charge is 2.06. The number of rotatable bonds is 3. The van der Waals surface area contributed by atoms with E-state index >= 15 is 0 Å². The molecule has 14 heavy (non-hydrogen) atoms.